The van der Waals surface area contributed by atoms with Crippen molar-refractivity contribution in [1.82, 2.24) is 0 Å². The first-order valence-electron chi connectivity index (χ1n) is 12.6. The minimum Gasteiger partial charge on any atom is -0.467 e. The van der Waals surface area contributed by atoms with Gasteiger partial charge in [-0.05, 0) is 68.2 Å². The van der Waals surface area contributed by atoms with Gasteiger partial charge in [0.05, 0.1) is 6.61 Å². The lowest BCUT2D eigenvalue weighted by Crippen LogP contribution is -2.45. The second kappa shape index (κ2) is 12.3. The second-order valence-corrected chi connectivity index (χ2v) is 21.8. The summed E-state index contributed by atoms with van der Waals surface area (Å²) < 4.78 is 24.2. The summed E-state index contributed by atoms with van der Waals surface area (Å²) in [4.78, 5) is 13.0. The average molecular weight is 511 g/mol. The fourth-order valence-corrected chi connectivity index (χ4v) is 5.25. The van der Waals surface area contributed by atoms with Gasteiger partial charge in [0, 0.05) is 18.6 Å². The zero-order valence-corrected chi connectivity index (χ0v) is 25.9. The van der Waals surface area contributed by atoms with Gasteiger partial charge in [0.1, 0.15) is 11.9 Å². The molecule has 1 rings (SSSR count). The summed E-state index contributed by atoms with van der Waals surface area (Å²) in [6, 6.07) is 6.01. The van der Waals surface area contributed by atoms with Crippen LogP contribution in [0, 0.1) is 0 Å². The predicted octanol–water partition coefficient (Wildman–Crippen LogP) is 7.49. The Morgan fingerprint density at radius 3 is 2.09 bits per heavy atom. The van der Waals surface area contributed by atoms with E-state index >= 15 is 0 Å². The standard InChI is InChI=1S/C27H50O5Si2/c1-13-29-20-30-25-16-14-15-22(23(25)19-31-33(9,10)26(3,4)5)17-18-24(28)21(2)32-34(11,12)27(6,7)8/h14-16,21H,13,17-20H2,1-12H3/t21-/m1/s1. The van der Waals surface area contributed by atoms with E-state index in [9.17, 15) is 4.79 Å². The van der Waals surface area contributed by atoms with Crippen molar-refractivity contribution in [2.45, 2.75) is 117 Å². The molecule has 1 aromatic rings. The maximum absolute atomic E-state index is 13.0. The Kier molecular flexibility index (Phi) is 11.2. The van der Waals surface area contributed by atoms with Crippen LogP contribution in [0.25, 0.3) is 0 Å². The number of aryl methyl sites for hydroxylation is 1. The Labute approximate surface area is 211 Å². The van der Waals surface area contributed by atoms with Crippen LogP contribution < -0.4 is 4.74 Å². The molecule has 0 saturated heterocycles. The van der Waals surface area contributed by atoms with E-state index in [-0.39, 0.29) is 22.7 Å². The highest BCUT2D eigenvalue weighted by Crippen LogP contribution is 2.39. The van der Waals surface area contributed by atoms with Crippen LogP contribution in [0.4, 0.5) is 0 Å². The number of rotatable bonds is 13. The minimum absolute atomic E-state index is 0.0715. The number of hydrogen-bond acceptors (Lipinski definition) is 5. The molecule has 0 fully saturated rings. The molecule has 1 atom stereocenters. The SMILES string of the molecule is CCOCOc1cccc(CCC(=O)[C@@H](C)O[Si](C)(C)C(C)(C)C)c1CO[Si](C)(C)C(C)(C)C. The van der Waals surface area contributed by atoms with Crippen LogP contribution >= 0.6 is 0 Å². The van der Waals surface area contributed by atoms with Crippen molar-refractivity contribution < 1.29 is 23.1 Å². The van der Waals surface area contributed by atoms with Crippen LogP contribution in [0.3, 0.4) is 0 Å². The van der Waals surface area contributed by atoms with Crippen LogP contribution in [0.2, 0.25) is 36.3 Å². The van der Waals surface area contributed by atoms with Crippen LogP contribution in [0.15, 0.2) is 18.2 Å². The Balaban J connectivity index is 3.04. The fourth-order valence-electron chi connectivity index (χ4n) is 2.95. The third-order valence-corrected chi connectivity index (χ3v) is 16.5. The molecule has 0 N–H and O–H groups in total. The van der Waals surface area contributed by atoms with Crippen LogP contribution in [0.1, 0.15) is 72.9 Å². The summed E-state index contributed by atoms with van der Waals surface area (Å²) in [5, 5.41) is 0.183. The number of benzene rings is 1. The first kappa shape index (κ1) is 31.0. The largest absolute Gasteiger partial charge is 0.467 e. The van der Waals surface area contributed by atoms with Crippen molar-refractivity contribution in [1.29, 1.82) is 0 Å². The number of ketones is 1. The molecule has 0 amide bonds. The van der Waals surface area contributed by atoms with Gasteiger partial charge in [0.2, 0.25) is 0 Å². The third-order valence-electron chi connectivity index (χ3n) is 7.49. The van der Waals surface area contributed by atoms with Gasteiger partial charge in [0.25, 0.3) is 0 Å². The van der Waals surface area contributed by atoms with Crippen LogP contribution in [-0.2, 0) is 31.4 Å². The predicted molar refractivity (Wildman–Crippen MR) is 147 cm³/mol. The first-order chi connectivity index (χ1) is 15.4. The first-order valence-corrected chi connectivity index (χ1v) is 18.4. The van der Waals surface area contributed by atoms with Crippen molar-refractivity contribution >= 4 is 22.4 Å². The molecule has 34 heavy (non-hydrogen) atoms. The molecule has 0 aliphatic rings. The normalized spacial score (nSPS) is 14.2. The average Bonchev–Trinajstić information content (AvgIpc) is 2.69. The summed E-state index contributed by atoms with van der Waals surface area (Å²) in [6.07, 6.45) is 0.661. The summed E-state index contributed by atoms with van der Waals surface area (Å²) in [5.41, 5.74) is 2.10. The van der Waals surface area contributed by atoms with Gasteiger partial charge < -0.3 is 18.3 Å². The van der Waals surface area contributed by atoms with Crippen LogP contribution in [0.5, 0.6) is 5.75 Å². The molecular formula is C27H50O5Si2. The van der Waals surface area contributed by atoms with Gasteiger partial charge in [-0.25, -0.2) is 0 Å². The smallest absolute Gasteiger partial charge is 0.193 e. The summed E-state index contributed by atoms with van der Waals surface area (Å²) >= 11 is 0. The molecule has 0 aromatic heterocycles. The molecule has 0 aliphatic heterocycles. The Morgan fingerprint density at radius 1 is 0.971 bits per heavy atom. The molecule has 0 spiro atoms. The van der Waals surface area contributed by atoms with E-state index in [1.807, 2.05) is 26.0 Å². The summed E-state index contributed by atoms with van der Waals surface area (Å²) in [5.74, 6) is 0.907. The second-order valence-electron chi connectivity index (χ2n) is 12.2. The quantitative estimate of drug-likeness (QED) is 0.156. The van der Waals surface area contributed by atoms with E-state index in [0.717, 1.165) is 16.9 Å². The zero-order chi connectivity index (χ0) is 26.4. The minimum atomic E-state index is -2.00. The highest BCUT2D eigenvalue weighted by Gasteiger charge is 2.40. The van der Waals surface area contributed by atoms with Crippen molar-refractivity contribution in [2.24, 2.45) is 0 Å². The van der Waals surface area contributed by atoms with Crippen molar-refractivity contribution in [3.8, 4) is 5.75 Å². The maximum atomic E-state index is 13.0. The molecule has 0 saturated carbocycles. The molecular weight excluding hydrogens is 460 g/mol. The molecule has 0 unspecified atom stereocenters. The number of carbonyl (C=O) groups is 1. The van der Waals surface area contributed by atoms with E-state index in [4.69, 9.17) is 18.3 Å². The molecule has 196 valence electrons. The van der Waals surface area contributed by atoms with Gasteiger partial charge >= 0.3 is 0 Å². The van der Waals surface area contributed by atoms with E-state index in [2.05, 4.69) is 73.8 Å². The van der Waals surface area contributed by atoms with Crippen molar-refractivity contribution in [3.63, 3.8) is 0 Å². The van der Waals surface area contributed by atoms with Gasteiger partial charge in [-0.1, -0.05) is 53.7 Å². The lowest BCUT2D eigenvalue weighted by atomic mass is 10.00. The van der Waals surface area contributed by atoms with Gasteiger partial charge in [0.15, 0.2) is 29.2 Å². The fraction of sp³-hybridized carbons (Fsp3) is 0.741. The Morgan fingerprint density at radius 2 is 1.56 bits per heavy atom. The van der Waals surface area contributed by atoms with Gasteiger partial charge in [-0.3, -0.25) is 4.79 Å². The van der Waals surface area contributed by atoms with E-state index in [1.165, 1.54) is 0 Å². The summed E-state index contributed by atoms with van der Waals surface area (Å²) in [7, 11) is -3.95. The molecule has 1 aromatic carbocycles. The Hall–Kier alpha value is -0.996. The van der Waals surface area contributed by atoms with Crippen LogP contribution in [-0.4, -0.2) is 41.9 Å². The molecule has 0 radical (unpaired) electrons. The highest BCUT2D eigenvalue weighted by molar-refractivity contribution is 6.74. The molecule has 0 aliphatic carbocycles. The number of carbonyl (C=O) groups excluding carboxylic acids is 1. The number of hydrogen-bond donors (Lipinski definition) is 0. The van der Waals surface area contributed by atoms with Crippen molar-refractivity contribution in [2.75, 3.05) is 13.4 Å². The Bertz CT molecular complexity index is 791. The number of ether oxygens (including phenoxy) is 2. The van der Waals surface area contributed by atoms with E-state index in [0.29, 0.717) is 26.1 Å². The summed E-state index contributed by atoms with van der Waals surface area (Å²) in [6.45, 7) is 27.3. The van der Waals surface area contributed by atoms with Gasteiger partial charge in [-0.15, -0.1) is 0 Å². The van der Waals surface area contributed by atoms with E-state index < -0.39 is 22.7 Å². The monoisotopic (exact) mass is 510 g/mol. The molecule has 0 bridgehead atoms. The zero-order valence-electron chi connectivity index (χ0n) is 23.9. The van der Waals surface area contributed by atoms with E-state index in [1.54, 1.807) is 0 Å². The number of Topliss-reactive ketones (excluding diaryl/α,β-unsaturated/α-hetero) is 1. The highest BCUT2D eigenvalue weighted by atomic mass is 28.4. The topological polar surface area (TPSA) is 54.0 Å². The lowest BCUT2D eigenvalue weighted by molar-refractivity contribution is -0.125. The third kappa shape index (κ3) is 8.90. The maximum Gasteiger partial charge on any atom is 0.193 e. The van der Waals surface area contributed by atoms with Gasteiger partial charge in [-0.2, -0.15) is 0 Å². The lowest BCUT2D eigenvalue weighted by Gasteiger charge is -2.38. The molecule has 7 heteroatoms. The van der Waals surface area contributed by atoms with Crippen molar-refractivity contribution in [3.05, 3.63) is 29.3 Å². The molecule has 0 heterocycles. The molecule has 5 nitrogen and oxygen atoms in total.